The molecule has 3 unspecified atom stereocenters. The van der Waals surface area contributed by atoms with E-state index in [2.05, 4.69) is 0 Å². The molecule has 4 aliphatic carbocycles. The molecular weight excluding hydrogens is 752 g/mol. The number of aliphatic hydroxyl groups excluding tert-OH is 1. The van der Waals surface area contributed by atoms with Gasteiger partial charge in [-0.2, -0.15) is 0 Å². The second-order valence-electron chi connectivity index (χ2n) is 17.4. The van der Waals surface area contributed by atoms with Crippen LogP contribution in [0.2, 0.25) is 0 Å². The second-order valence-corrected chi connectivity index (χ2v) is 17.4. The number of epoxide rings is 1. The summed E-state index contributed by atoms with van der Waals surface area (Å²) in [6, 6.07) is 0. The third-order valence-corrected chi connectivity index (χ3v) is 15.0. The largest absolute Gasteiger partial charge is 0.467 e. The van der Waals surface area contributed by atoms with Crippen LogP contribution in [0.3, 0.4) is 0 Å². The van der Waals surface area contributed by atoms with Crippen molar-refractivity contribution in [2.45, 2.75) is 135 Å². The molecule has 6 fully saturated rings. The molecule has 0 aromatic rings. The average Bonchev–Trinajstić information content (AvgIpc) is 3.91. The van der Waals surface area contributed by atoms with Crippen molar-refractivity contribution in [1.82, 2.24) is 0 Å². The summed E-state index contributed by atoms with van der Waals surface area (Å²) in [7, 11) is 2.29. The fourth-order valence-corrected chi connectivity index (χ4v) is 13.0. The molecule has 316 valence electrons. The van der Waals surface area contributed by atoms with Gasteiger partial charge in [-0.1, -0.05) is 13.8 Å². The Labute approximate surface area is 330 Å². The van der Waals surface area contributed by atoms with E-state index in [1.54, 1.807) is 13.8 Å². The Bertz CT molecular complexity index is 1790. The lowest BCUT2D eigenvalue weighted by atomic mass is 9.31. The van der Waals surface area contributed by atoms with Crippen molar-refractivity contribution in [3.05, 3.63) is 11.6 Å². The van der Waals surface area contributed by atoms with Crippen LogP contribution in [0, 0.1) is 39.4 Å². The van der Waals surface area contributed by atoms with E-state index in [1.165, 1.54) is 21.0 Å². The molecule has 57 heavy (non-hydrogen) atoms. The topological polar surface area (TPSA) is 237 Å². The molecule has 17 nitrogen and oxygen atoms in total. The predicted octanol–water partition coefficient (Wildman–Crippen LogP) is 1.65. The first-order chi connectivity index (χ1) is 26.5. The maximum Gasteiger partial charge on any atom is 0.342 e. The van der Waals surface area contributed by atoms with Crippen molar-refractivity contribution in [3.63, 3.8) is 0 Å². The number of methoxy groups -OCH3 is 2. The van der Waals surface area contributed by atoms with E-state index in [-0.39, 0.29) is 44.3 Å². The van der Waals surface area contributed by atoms with Crippen LogP contribution in [-0.2, 0) is 71.5 Å². The summed E-state index contributed by atoms with van der Waals surface area (Å²) in [4.78, 5) is 92.2. The molecule has 2 heterocycles. The van der Waals surface area contributed by atoms with Crippen molar-refractivity contribution in [2.24, 2.45) is 39.4 Å². The molecule has 2 N–H and O–H groups in total. The first-order valence-electron chi connectivity index (χ1n) is 19.3. The zero-order chi connectivity index (χ0) is 42.4. The Morgan fingerprint density at radius 3 is 2.04 bits per heavy atom. The van der Waals surface area contributed by atoms with Crippen LogP contribution in [0.5, 0.6) is 0 Å². The smallest absolute Gasteiger partial charge is 0.342 e. The van der Waals surface area contributed by atoms with E-state index in [9.17, 15) is 43.8 Å². The van der Waals surface area contributed by atoms with Gasteiger partial charge in [0.1, 0.15) is 37.1 Å². The van der Waals surface area contributed by atoms with Crippen molar-refractivity contribution in [1.29, 1.82) is 0 Å². The van der Waals surface area contributed by atoms with Gasteiger partial charge in [-0.05, 0) is 55.9 Å². The van der Waals surface area contributed by atoms with Gasteiger partial charge in [0.25, 0.3) is 0 Å². The fraction of sp³-hybridized carbons (Fsp3) is 0.775. The van der Waals surface area contributed by atoms with Crippen LogP contribution in [0.15, 0.2) is 11.6 Å². The van der Waals surface area contributed by atoms with E-state index in [4.69, 9.17) is 37.9 Å². The summed E-state index contributed by atoms with van der Waals surface area (Å²) in [5, 5.41) is 26.6. The van der Waals surface area contributed by atoms with Crippen LogP contribution >= 0.6 is 0 Å². The highest BCUT2D eigenvalue weighted by Crippen LogP contribution is 2.79. The molecule has 15 atom stereocenters. The highest BCUT2D eigenvalue weighted by atomic mass is 16.7. The lowest BCUT2D eigenvalue weighted by Crippen LogP contribution is -2.84. The van der Waals surface area contributed by atoms with Gasteiger partial charge in [-0.15, -0.1) is 0 Å². The van der Waals surface area contributed by atoms with E-state index in [0.29, 0.717) is 0 Å². The molecule has 2 saturated heterocycles. The van der Waals surface area contributed by atoms with Crippen molar-refractivity contribution in [2.75, 3.05) is 20.8 Å². The number of carbonyl (C=O) groups is 7. The van der Waals surface area contributed by atoms with Gasteiger partial charge in [-0.25, -0.2) is 9.59 Å². The van der Waals surface area contributed by atoms with Gasteiger partial charge >= 0.3 is 41.8 Å². The Morgan fingerprint density at radius 2 is 1.47 bits per heavy atom. The lowest BCUT2D eigenvalue weighted by molar-refractivity contribution is -0.360. The SMILES string of the molecule is COC(=O)/C=C1\C[C@@]2(O)C3CC[C@]4(C)C([C@H](OC(C)=O)[C@H](O)C5([C@H](C)OC(C)=O)COC(=O)CC[C@H]54)[C@@]3(C)[C@H](OC(C)=O)[C@H](OC(C)=O)[C@@]2(C)[C@]2(C(=O)OC)O[C@H]12. The minimum absolute atomic E-state index is 0.0693. The van der Waals surface area contributed by atoms with Crippen LogP contribution in [0.25, 0.3) is 0 Å². The van der Waals surface area contributed by atoms with Gasteiger partial charge in [0.05, 0.1) is 30.7 Å². The number of hydrogen-bond donors (Lipinski definition) is 2. The van der Waals surface area contributed by atoms with Gasteiger partial charge < -0.3 is 48.1 Å². The Morgan fingerprint density at radius 1 is 0.860 bits per heavy atom. The maximum absolute atomic E-state index is 14.1. The molecule has 6 aliphatic rings. The molecule has 4 saturated carbocycles. The van der Waals surface area contributed by atoms with E-state index in [1.807, 2.05) is 6.92 Å². The Balaban J connectivity index is 1.69. The summed E-state index contributed by atoms with van der Waals surface area (Å²) < 4.78 is 46.5. The highest BCUT2D eigenvalue weighted by molar-refractivity contribution is 5.89. The van der Waals surface area contributed by atoms with E-state index >= 15 is 0 Å². The maximum atomic E-state index is 14.1. The fourth-order valence-electron chi connectivity index (χ4n) is 13.0. The van der Waals surface area contributed by atoms with Crippen LogP contribution in [0.1, 0.15) is 87.5 Å². The number of cyclic esters (lactones) is 1. The predicted molar refractivity (Wildman–Crippen MR) is 190 cm³/mol. The molecule has 0 radical (unpaired) electrons. The molecular formula is C40H54O17. The van der Waals surface area contributed by atoms with Crippen LogP contribution in [-0.4, -0.2) is 121 Å². The molecule has 0 aromatic heterocycles. The standard InChI is InChI=1S/C40H54O17/c1-18(53-19(2)41)38-17-52-26(45)12-11-24(38)35(6)14-13-25-36(7,29(35)28(30(38)47)54-20(3)42)32(55-21(4)43)33(56-22(5)44)37(8)39(25,49)16-23(15-27(46)50-9)31-40(37,57-31)34(48)51-10/h15,18,24-25,28-33,47,49H,11-14,16-17H2,1-10H3/b23-15+/t18-,24-,25?,28-,29?,30-,31+,32+,33-,35-,36-,37+,38?,39+,40-/m0/s1. The number of hydrogen-bond acceptors (Lipinski definition) is 17. The van der Waals surface area contributed by atoms with Crippen molar-refractivity contribution in [3.8, 4) is 0 Å². The summed E-state index contributed by atoms with van der Waals surface area (Å²) >= 11 is 0. The van der Waals surface area contributed by atoms with E-state index in [0.717, 1.165) is 34.0 Å². The van der Waals surface area contributed by atoms with Crippen molar-refractivity contribution >= 4 is 41.8 Å². The Kier molecular flexibility index (Phi) is 10.5. The zero-order valence-corrected chi connectivity index (χ0v) is 34.0. The quantitative estimate of drug-likeness (QED) is 0.161. The van der Waals surface area contributed by atoms with E-state index < -0.39 is 129 Å². The van der Waals surface area contributed by atoms with Crippen LogP contribution < -0.4 is 0 Å². The van der Waals surface area contributed by atoms with Crippen LogP contribution in [0.4, 0.5) is 0 Å². The van der Waals surface area contributed by atoms with Crippen molar-refractivity contribution < 1.29 is 81.7 Å². The summed E-state index contributed by atoms with van der Waals surface area (Å²) in [5.41, 5.74) is -10.2. The molecule has 0 bridgehead atoms. The number of esters is 7. The lowest BCUT2D eigenvalue weighted by Gasteiger charge is -2.74. The van der Waals surface area contributed by atoms with Gasteiger partial charge in [-0.3, -0.25) is 24.0 Å². The Hall–Kier alpha value is -4.09. The highest BCUT2D eigenvalue weighted by Gasteiger charge is 2.91. The average molecular weight is 807 g/mol. The van der Waals surface area contributed by atoms with Gasteiger partial charge in [0, 0.05) is 57.9 Å². The number of rotatable bonds is 7. The summed E-state index contributed by atoms with van der Waals surface area (Å²) in [6.07, 6.45) is -7.32. The number of ether oxygens (including phenoxy) is 8. The van der Waals surface area contributed by atoms with Gasteiger partial charge in [0.2, 0.25) is 5.60 Å². The zero-order valence-electron chi connectivity index (χ0n) is 34.0. The first-order valence-corrected chi connectivity index (χ1v) is 19.3. The molecule has 0 aromatic carbocycles. The normalized spacial score (nSPS) is 45.3. The first kappa shape index (κ1) is 42.5. The third kappa shape index (κ3) is 5.68. The molecule has 0 spiro atoms. The molecule has 6 rings (SSSR count). The minimum atomic E-state index is -2.14. The number of fused-ring (bicyclic) bond motifs is 9. The summed E-state index contributed by atoms with van der Waals surface area (Å²) in [5.74, 6) is -8.20. The monoisotopic (exact) mass is 806 g/mol. The molecule has 2 aliphatic heterocycles. The second kappa shape index (κ2) is 14.0. The minimum Gasteiger partial charge on any atom is -0.467 e. The number of carbonyl (C=O) groups excluding carboxylic acids is 7. The number of aliphatic hydroxyl groups is 2. The molecule has 0 amide bonds. The molecule has 17 heteroatoms. The van der Waals surface area contributed by atoms with Gasteiger partial charge in [0.15, 0.2) is 6.10 Å². The third-order valence-electron chi connectivity index (χ3n) is 15.0. The summed E-state index contributed by atoms with van der Waals surface area (Å²) in [6.45, 7) is 10.9.